The summed E-state index contributed by atoms with van der Waals surface area (Å²) in [5, 5.41) is 4.31. The number of carbonyl (C=O) groups is 2. The summed E-state index contributed by atoms with van der Waals surface area (Å²) in [5.41, 5.74) is 2.29. The third kappa shape index (κ3) is 3.43. The highest BCUT2D eigenvalue weighted by Crippen LogP contribution is 2.36. The maximum absolute atomic E-state index is 13.1. The molecule has 4 rings (SSSR count). The van der Waals surface area contributed by atoms with Gasteiger partial charge in [0.1, 0.15) is 0 Å². The zero-order chi connectivity index (χ0) is 19.8. The van der Waals surface area contributed by atoms with E-state index < -0.39 is 0 Å². The average Bonchev–Trinajstić information content (AvgIpc) is 3.23. The van der Waals surface area contributed by atoms with E-state index in [9.17, 15) is 9.59 Å². The molecule has 4 heterocycles. The minimum Gasteiger partial charge on any atom is -0.378 e. The molecule has 3 aliphatic heterocycles. The van der Waals surface area contributed by atoms with Crippen LogP contribution in [0.5, 0.6) is 0 Å². The number of ether oxygens (including phenoxy) is 1. The van der Waals surface area contributed by atoms with E-state index in [1.807, 2.05) is 27.7 Å². The molecule has 0 spiro atoms. The molecule has 3 atom stereocenters. The maximum Gasteiger partial charge on any atom is 0.237 e. The summed E-state index contributed by atoms with van der Waals surface area (Å²) in [6, 6.07) is 0.147. The van der Waals surface area contributed by atoms with Crippen LogP contribution in [0.25, 0.3) is 0 Å². The number of piperazine rings is 1. The number of rotatable bonds is 4. The smallest absolute Gasteiger partial charge is 0.237 e. The topological polar surface area (TPSA) is 70.9 Å². The first kappa shape index (κ1) is 19.4. The number of aryl methyl sites for hydroxylation is 1. The number of carbonyl (C=O) groups excluding carboxylic acids is 2. The number of morpholine rings is 1. The van der Waals surface area contributed by atoms with Gasteiger partial charge in [-0.15, -0.1) is 0 Å². The van der Waals surface area contributed by atoms with Crippen molar-refractivity contribution in [1.82, 2.24) is 24.5 Å². The highest BCUT2D eigenvalue weighted by Gasteiger charge is 2.49. The summed E-state index contributed by atoms with van der Waals surface area (Å²) in [7, 11) is 1.94. The lowest BCUT2D eigenvalue weighted by atomic mass is 9.95. The minimum absolute atomic E-state index is 0.0233. The molecular formula is C20H31N5O3. The molecule has 0 bridgehead atoms. The zero-order valence-electron chi connectivity index (χ0n) is 17.1. The molecule has 1 aromatic heterocycles. The zero-order valence-corrected chi connectivity index (χ0v) is 17.1. The quantitative estimate of drug-likeness (QED) is 0.746. The van der Waals surface area contributed by atoms with Gasteiger partial charge in [-0.05, 0) is 19.8 Å². The van der Waals surface area contributed by atoms with Gasteiger partial charge in [-0.1, -0.05) is 6.92 Å². The number of hydrogen-bond acceptors (Lipinski definition) is 5. The SMILES string of the molecule is CC[C@@H]1[C@H](C(=O)N2CCOCC2)C[C@@H]2CN(Cc3cnn(C)c3C)CC(=O)N21. The lowest BCUT2D eigenvalue weighted by molar-refractivity contribution is -0.143. The van der Waals surface area contributed by atoms with E-state index in [0.29, 0.717) is 32.8 Å². The third-order valence-electron chi connectivity index (χ3n) is 6.65. The van der Waals surface area contributed by atoms with Crippen LogP contribution in [0.3, 0.4) is 0 Å². The molecule has 154 valence electrons. The molecule has 8 heteroatoms. The van der Waals surface area contributed by atoms with Crippen LogP contribution in [-0.4, -0.2) is 87.8 Å². The first-order valence-corrected chi connectivity index (χ1v) is 10.4. The Morgan fingerprint density at radius 2 is 2.07 bits per heavy atom. The van der Waals surface area contributed by atoms with Crippen LogP contribution >= 0.6 is 0 Å². The van der Waals surface area contributed by atoms with Gasteiger partial charge in [0, 0.05) is 56.6 Å². The second-order valence-corrected chi connectivity index (χ2v) is 8.26. The fourth-order valence-electron chi connectivity index (χ4n) is 5.04. The largest absolute Gasteiger partial charge is 0.378 e. The van der Waals surface area contributed by atoms with Crippen molar-refractivity contribution in [3.8, 4) is 0 Å². The Balaban J connectivity index is 1.47. The molecule has 8 nitrogen and oxygen atoms in total. The molecule has 28 heavy (non-hydrogen) atoms. The van der Waals surface area contributed by atoms with Gasteiger partial charge in [-0.2, -0.15) is 5.10 Å². The van der Waals surface area contributed by atoms with Gasteiger partial charge in [0.15, 0.2) is 0 Å². The molecule has 3 fully saturated rings. The fraction of sp³-hybridized carbons (Fsp3) is 0.750. The van der Waals surface area contributed by atoms with Gasteiger partial charge in [0.25, 0.3) is 0 Å². The Morgan fingerprint density at radius 3 is 2.71 bits per heavy atom. The second kappa shape index (κ2) is 7.83. The molecule has 1 aromatic rings. The summed E-state index contributed by atoms with van der Waals surface area (Å²) in [4.78, 5) is 32.3. The van der Waals surface area contributed by atoms with Crippen molar-refractivity contribution in [2.45, 2.75) is 45.3 Å². The first-order valence-electron chi connectivity index (χ1n) is 10.4. The third-order valence-corrected chi connectivity index (χ3v) is 6.65. The summed E-state index contributed by atoms with van der Waals surface area (Å²) >= 11 is 0. The molecule has 0 aromatic carbocycles. The number of aromatic nitrogens is 2. The van der Waals surface area contributed by atoms with E-state index in [4.69, 9.17) is 4.74 Å². The number of fused-ring (bicyclic) bond motifs is 1. The van der Waals surface area contributed by atoms with Crippen LogP contribution in [0.4, 0.5) is 0 Å². The normalized spacial score (nSPS) is 28.7. The lowest BCUT2D eigenvalue weighted by Crippen LogP contribution is -2.56. The van der Waals surface area contributed by atoms with Gasteiger partial charge < -0.3 is 14.5 Å². The van der Waals surface area contributed by atoms with Crippen LogP contribution < -0.4 is 0 Å². The summed E-state index contributed by atoms with van der Waals surface area (Å²) in [5.74, 6) is 0.269. The minimum atomic E-state index is -0.0860. The molecule has 3 aliphatic rings. The number of hydrogen-bond donors (Lipinski definition) is 0. The molecule has 0 saturated carbocycles. The van der Waals surface area contributed by atoms with Crippen molar-refractivity contribution in [2.75, 3.05) is 39.4 Å². The Kier molecular flexibility index (Phi) is 5.42. The second-order valence-electron chi connectivity index (χ2n) is 8.26. The molecule has 0 unspecified atom stereocenters. The van der Waals surface area contributed by atoms with E-state index in [1.54, 1.807) is 0 Å². The first-order chi connectivity index (χ1) is 13.5. The van der Waals surface area contributed by atoms with Gasteiger partial charge >= 0.3 is 0 Å². The van der Waals surface area contributed by atoms with Crippen molar-refractivity contribution in [1.29, 1.82) is 0 Å². The highest BCUT2D eigenvalue weighted by atomic mass is 16.5. The summed E-state index contributed by atoms with van der Waals surface area (Å²) < 4.78 is 7.26. The Bertz CT molecular complexity index is 742. The van der Waals surface area contributed by atoms with Crippen LogP contribution in [0.15, 0.2) is 6.20 Å². The molecule has 3 saturated heterocycles. The molecule has 0 N–H and O–H groups in total. The predicted molar refractivity (Wildman–Crippen MR) is 103 cm³/mol. The van der Waals surface area contributed by atoms with Crippen LogP contribution in [-0.2, 0) is 27.9 Å². The Morgan fingerprint density at radius 1 is 1.32 bits per heavy atom. The van der Waals surface area contributed by atoms with Gasteiger partial charge in [-0.25, -0.2) is 0 Å². The van der Waals surface area contributed by atoms with Gasteiger partial charge in [-0.3, -0.25) is 19.2 Å². The van der Waals surface area contributed by atoms with E-state index in [1.165, 1.54) is 0 Å². The van der Waals surface area contributed by atoms with Gasteiger partial charge in [0.05, 0.1) is 31.9 Å². The number of amides is 2. The molecular weight excluding hydrogens is 358 g/mol. The maximum atomic E-state index is 13.1. The summed E-state index contributed by atoms with van der Waals surface area (Å²) in [6.45, 7) is 8.66. The van der Waals surface area contributed by atoms with Crippen LogP contribution in [0.2, 0.25) is 0 Å². The van der Waals surface area contributed by atoms with Crippen molar-refractivity contribution >= 4 is 11.8 Å². The van der Waals surface area contributed by atoms with E-state index >= 15 is 0 Å². The van der Waals surface area contributed by atoms with Crippen LogP contribution in [0.1, 0.15) is 31.0 Å². The molecule has 0 aliphatic carbocycles. The monoisotopic (exact) mass is 389 g/mol. The Labute approximate surface area is 166 Å². The summed E-state index contributed by atoms with van der Waals surface area (Å²) in [6.07, 6.45) is 3.48. The molecule has 2 amide bonds. The average molecular weight is 390 g/mol. The van der Waals surface area contributed by atoms with Crippen LogP contribution in [0, 0.1) is 12.8 Å². The van der Waals surface area contributed by atoms with E-state index in [0.717, 1.165) is 37.2 Å². The predicted octanol–water partition coefficient (Wildman–Crippen LogP) is 0.399. The highest BCUT2D eigenvalue weighted by molar-refractivity contribution is 5.85. The number of nitrogens with zero attached hydrogens (tertiary/aromatic N) is 5. The van der Waals surface area contributed by atoms with E-state index in [-0.39, 0.29) is 29.8 Å². The van der Waals surface area contributed by atoms with Crippen molar-refractivity contribution in [3.63, 3.8) is 0 Å². The lowest BCUT2D eigenvalue weighted by Gasteiger charge is -2.40. The standard InChI is InChI=1S/C20H31N5O3/c1-4-18-17(20(27)24-5-7-28-8-6-24)9-16-12-23(13-19(26)25(16)18)11-15-10-21-22(3)14(15)2/h10,16-18H,4-9,11-13H2,1-3H3/t16-,17-,18-/m1/s1. The van der Waals surface area contributed by atoms with Crippen molar-refractivity contribution < 1.29 is 14.3 Å². The fourth-order valence-corrected chi connectivity index (χ4v) is 5.04. The molecule has 0 radical (unpaired) electrons. The van der Waals surface area contributed by atoms with Crippen molar-refractivity contribution in [2.24, 2.45) is 13.0 Å². The van der Waals surface area contributed by atoms with E-state index in [2.05, 4.69) is 23.8 Å². The van der Waals surface area contributed by atoms with Gasteiger partial charge in [0.2, 0.25) is 11.8 Å². The Hall–Kier alpha value is -1.93. The van der Waals surface area contributed by atoms with Crippen molar-refractivity contribution in [3.05, 3.63) is 17.5 Å².